The number of rotatable bonds is 6. The second-order valence-corrected chi connectivity index (χ2v) is 12.6. The van der Waals surface area contributed by atoms with Gasteiger partial charge in [-0.15, -0.1) is 0 Å². The summed E-state index contributed by atoms with van der Waals surface area (Å²) in [5.41, 5.74) is 5.32. The first-order valence-electron chi connectivity index (χ1n) is 10.0. The normalized spacial score (nSPS) is 15.3. The summed E-state index contributed by atoms with van der Waals surface area (Å²) in [6.07, 6.45) is 7.01. The van der Waals surface area contributed by atoms with Crippen LogP contribution < -0.4 is 9.92 Å². The molecule has 1 unspecified atom stereocenters. The second kappa shape index (κ2) is 7.90. The Labute approximate surface area is 165 Å². The van der Waals surface area contributed by atoms with Crippen LogP contribution in [0, 0.1) is 12.8 Å². The minimum absolute atomic E-state index is 0.620. The Morgan fingerprint density at radius 2 is 1.81 bits per heavy atom. The summed E-state index contributed by atoms with van der Waals surface area (Å²) < 4.78 is 6.05. The van der Waals surface area contributed by atoms with Crippen molar-refractivity contribution >= 4 is 13.3 Å². The van der Waals surface area contributed by atoms with Crippen molar-refractivity contribution in [3.63, 3.8) is 0 Å². The highest BCUT2D eigenvalue weighted by molar-refractivity contribution is 6.96. The van der Waals surface area contributed by atoms with Gasteiger partial charge in [0.25, 0.3) is 0 Å². The molecule has 0 spiro atoms. The van der Waals surface area contributed by atoms with Crippen LogP contribution in [-0.2, 0) is 0 Å². The third-order valence-corrected chi connectivity index (χ3v) is 9.78. The molecule has 3 rings (SSSR count). The predicted molar refractivity (Wildman–Crippen MR) is 121 cm³/mol. The number of hydrogen-bond acceptors (Lipinski definition) is 1. The third kappa shape index (κ3) is 3.68. The second-order valence-electron chi connectivity index (χ2n) is 8.23. The van der Waals surface area contributed by atoms with Gasteiger partial charge in [0.15, 0.2) is 0 Å². The van der Waals surface area contributed by atoms with Gasteiger partial charge in [0.05, 0.1) is 7.11 Å². The Kier molecular flexibility index (Phi) is 5.76. The van der Waals surface area contributed by atoms with E-state index < -0.39 is 8.07 Å². The Balaban J connectivity index is 2.20. The molecule has 0 saturated heterocycles. The lowest BCUT2D eigenvalue weighted by molar-refractivity contribution is 0.419. The van der Waals surface area contributed by atoms with E-state index in [1.165, 1.54) is 28.3 Å². The Hall–Kier alpha value is -2.06. The van der Waals surface area contributed by atoms with Gasteiger partial charge in [0.2, 0.25) is 0 Å². The van der Waals surface area contributed by atoms with E-state index in [4.69, 9.17) is 4.74 Å². The molecule has 1 atom stereocenters. The van der Waals surface area contributed by atoms with Gasteiger partial charge in [0, 0.05) is 5.56 Å². The lowest BCUT2D eigenvalue weighted by Gasteiger charge is -2.31. The summed E-state index contributed by atoms with van der Waals surface area (Å²) >= 11 is 0. The fourth-order valence-electron chi connectivity index (χ4n) is 4.27. The van der Waals surface area contributed by atoms with Gasteiger partial charge in [-0.2, -0.15) is 0 Å². The maximum absolute atomic E-state index is 6.05. The fraction of sp³-hybridized carbons (Fsp3) is 0.360. The Morgan fingerprint density at radius 1 is 1.11 bits per heavy atom. The molecule has 2 aromatic carbocycles. The van der Waals surface area contributed by atoms with Crippen molar-refractivity contribution in [2.75, 3.05) is 7.11 Å². The molecule has 0 amide bonds. The maximum Gasteiger partial charge on any atom is 0.126 e. The van der Waals surface area contributed by atoms with Crippen molar-refractivity contribution in [1.82, 2.24) is 0 Å². The van der Waals surface area contributed by atoms with Gasteiger partial charge >= 0.3 is 0 Å². The molecule has 0 saturated carbocycles. The van der Waals surface area contributed by atoms with Crippen LogP contribution in [0.4, 0.5) is 0 Å². The highest BCUT2D eigenvalue weighted by Crippen LogP contribution is 2.37. The van der Waals surface area contributed by atoms with E-state index in [1.807, 2.05) is 7.11 Å². The van der Waals surface area contributed by atoms with Gasteiger partial charge < -0.3 is 4.74 Å². The molecule has 2 aromatic rings. The molecule has 0 N–H and O–H groups in total. The number of benzene rings is 2. The first kappa shape index (κ1) is 19.7. The van der Waals surface area contributed by atoms with E-state index in [0.29, 0.717) is 5.92 Å². The topological polar surface area (TPSA) is 9.23 Å². The van der Waals surface area contributed by atoms with Crippen LogP contribution in [0.5, 0.6) is 5.75 Å². The summed E-state index contributed by atoms with van der Waals surface area (Å²) in [6.45, 7) is 11.8. The molecule has 0 aromatic heterocycles. The van der Waals surface area contributed by atoms with Crippen molar-refractivity contribution < 1.29 is 4.74 Å². The Morgan fingerprint density at radius 3 is 2.44 bits per heavy atom. The van der Waals surface area contributed by atoms with Crippen LogP contribution in [0.25, 0.3) is 11.1 Å². The summed E-state index contributed by atoms with van der Waals surface area (Å²) in [5, 5.41) is 3.09. The van der Waals surface area contributed by atoms with Crippen LogP contribution in [0.1, 0.15) is 32.3 Å². The highest BCUT2D eigenvalue weighted by atomic mass is 28.3. The average molecular weight is 377 g/mol. The van der Waals surface area contributed by atoms with Crippen molar-refractivity contribution in [3.8, 4) is 16.9 Å². The molecule has 0 aliphatic heterocycles. The zero-order valence-electron chi connectivity index (χ0n) is 17.6. The first-order chi connectivity index (χ1) is 12.9. The zero-order chi connectivity index (χ0) is 19.6. The minimum atomic E-state index is -1.86. The Bertz CT molecular complexity index is 875. The molecular formula is C25H32OSi. The molecule has 0 bridgehead atoms. The van der Waals surface area contributed by atoms with E-state index in [9.17, 15) is 0 Å². The summed E-state index contributed by atoms with van der Waals surface area (Å²) in [7, 11) is -0.0362. The summed E-state index contributed by atoms with van der Waals surface area (Å²) in [6, 6.07) is 15.3. The standard InChI is InChI=1S/C25H32OSi/c1-7-19(3)21-14-11-15-23(21)27(5,6)24-17-18(2)16-22(25(24)26-4)20-12-9-8-10-13-20/h8-14,16-17,19H,7,15H2,1-6H3. The molecule has 0 radical (unpaired) electrons. The lowest BCUT2D eigenvalue weighted by Crippen LogP contribution is -2.45. The van der Waals surface area contributed by atoms with Crippen molar-refractivity contribution in [2.45, 2.75) is 46.7 Å². The fourth-order valence-corrected chi connectivity index (χ4v) is 7.67. The molecule has 27 heavy (non-hydrogen) atoms. The van der Waals surface area contributed by atoms with Crippen LogP contribution in [0.15, 0.2) is 65.4 Å². The van der Waals surface area contributed by atoms with Crippen molar-refractivity contribution in [3.05, 3.63) is 70.9 Å². The van der Waals surface area contributed by atoms with E-state index in [0.717, 1.165) is 12.2 Å². The number of methoxy groups -OCH3 is 1. The predicted octanol–water partition coefficient (Wildman–Crippen LogP) is 6.43. The quantitative estimate of drug-likeness (QED) is 0.528. The van der Waals surface area contributed by atoms with Crippen LogP contribution in [0.3, 0.4) is 0 Å². The monoisotopic (exact) mass is 376 g/mol. The summed E-state index contributed by atoms with van der Waals surface area (Å²) in [5.74, 6) is 1.68. The van der Waals surface area contributed by atoms with E-state index in [-0.39, 0.29) is 0 Å². The van der Waals surface area contributed by atoms with Gasteiger partial charge in [-0.25, -0.2) is 0 Å². The molecule has 0 fully saturated rings. The SMILES string of the molecule is CCC(C)C1=C([Si](C)(C)c2cc(C)cc(-c3ccccc3)c2OC)CC=C1. The van der Waals surface area contributed by atoms with Crippen LogP contribution in [-0.4, -0.2) is 15.2 Å². The number of hydrogen-bond donors (Lipinski definition) is 0. The van der Waals surface area contributed by atoms with Gasteiger partial charge in [-0.3, -0.25) is 0 Å². The average Bonchev–Trinajstić information content (AvgIpc) is 3.18. The van der Waals surface area contributed by atoms with Crippen molar-refractivity contribution in [1.29, 1.82) is 0 Å². The van der Waals surface area contributed by atoms with Crippen LogP contribution >= 0.6 is 0 Å². The third-order valence-electron chi connectivity index (χ3n) is 6.06. The summed E-state index contributed by atoms with van der Waals surface area (Å²) in [4.78, 5) is 0. The van der Waals surface area contributed by atoms with E-state index >= 15 is 0 Å². The molecule has 1 nitrogen and oxygen atoms in total. The van der Waals surface area contributed by atoms with E-state index in [2.05, 4.69) is 88.5 Å². The minimum Gasteiger partial charge on any atom is -0.496 e. The van der Waals surface area contributed by atoms with Gasteiger partial charge in [-0.05, 0) is 48.1 Å². The highest BCUT2D eigenvalue weighted by Gasteiger charge is 2.35. The largest absolute Gasteiger partial charge is 0.496 e. The molecule has 1 aliphatic rings. The maximum atomic E-state index is 6.05. The smallest absolute Gasteiger partial charge is 0.126 e. The first-order valence-corrected chi connectivity index (χ1v) is 13.0. The molecule has 142 valence electrons. The molecule has 1 aliphatic carbocycles. The lowest BCUT2D eigenvalue weighted by atomic mass is 10.00. The number of aryl methyl sites for hydroxylation is 1. The van der Waals surface area contributed by atoms with Gasteiger partial charge in [-0.1, -0.05) is 86.3 Å². The van der Waals surface area contributed by atoms with E-state index in [1.54, 1.807) is 10.8 Å². The van der Waals surface area contributed by atoms with Crippen LogP contribution in [0.2, 0.25) is 13.1 Å². The number of ether oxygens (including phenoxy) is 1. The molecular weight excluding hydrogens is 344 g/mol. The van der Waals surface area contributed by atoms with Crippen molar-refractivity contribution in [2.24, 2.45) is 5.92 Å². The molecule has 0 heterocycles. The van der Waals surface area contributed by atoms with Gasteiger partial charge in [0.1, 0.15) is 13.8 Å². The zero-order valence-corrected chi connectivity index (χ0v) is 18.6. The molecule has 2 heteroatoms. The number of allylic oxidation sites excluding steroid dienone is 4.